The SMILES string of the molecule is COC(=O)c1c(NC(=O)c2cc(-c3ccc(OC)cc3)nc3ccccc23)sc2c1CCCCC2. The maximum absolute atomic E-state index is 13.7. The van der Waals surface area contributed by atoms with E-state index in [2.05, 4.69) is 5.32 Å². The molecule has 35 heavy (non-hydrogen) atoms. The molecule has 1 aliphatic rings. The van der Waals surface area contributed by atoms with Crippen molar-refractivity contribution in [2.75, 3.05) is 19.5 Å². The number of carbonyl (C=O) groups is 2. The Balaban J connectivity index is 1.57. The van der Waals surface area contributed by atoms with E-state index in [1.54, 1.807) is 13.2 Å². The lowest BCUT2D eigenvalue weighted by Gasteiger charge is -2.11. The van der Waals surface area contributed by atoms with Gasteiger partial charge in [0.05, 0.1) is 36.6 Å². The first-order chi connectivity index (χ1) is 17.1. The second kappa shape index (κ2) is 9.88. The zero-order valence-corrected chi connectivity index (χ0v) is 20.5. The van der Waals surface area contributed by atoms with Crippen LogP contribution in [0.4, 0.5) is 5.00 Å². The average Bonchev–Trinajstić information content (AvgIpc) is 3.07. The third-order valence-corrected chi connectivity index (χ3v) is 7.59. The number of amides is 1. The van der Waals surface area contributed by atoms with E-state index < -0.39 is 5.97 Å². The number of fused-ring (bicyclic) bond motifs is 2. The number of esters is 1. The van der Waals surface area contributed by atoms with Gasteiger partial charge in [0.15, 0.2) is 0 Å². The van der Waals surface area contributed by atoms with Gasteiger partial charge in [0.2, 0.25) is 0 Å². The minimum Gasteiger partial charge on any atom is -0.497 e. The average molecular weight is 487 g/mol. The first-order valence-electron chi connectivity index (χ1n) is 11.7. The summed E-state index contributed by atoms with van der Waals surface area (Å²) in [5.41, 5.74) is 4.31. The van der Waals surface area contributed by atoms with Crippen molar-refractivity contribution in [3.8, 4) is 17.0 Å². The number of rotatable bonds is 5. The molecule has 1 amide bonds. The Kier molecular flexibility index (Phi) is 6.51. The van der Waals surface area contributed by atoms with Crippen molar-refractivity contribution in [2.24, 2.45) is 0 Å². The lowest BCUT2D eigenvalue weighted by molar-refractivity contribution is 0.0601. The summed E-state index contributed by atoms with van der Waals surface area (Å²) in [5, 5.41) is 4.35. The number of carbonyl (C=O) groups excluding carboxylic acids is 2. The fourth-order valence-electron chi connectivity index (χ4n) is 4.59. The highest BCUT2D eigenvalue weighted by atomic mass is 32.1. The molecule has 5 rings (SSSR count). The van der Waals surface area contributed by atoms with Crippen LogP contribution in [-0.2, 0) is 17.6 Å². The number of aryl methyl sites for hydroxylation is 1. The molecule has 6 nitrogen and oxygen atoms in total. The molecular weight excluding hydrogens is 460 g/mol. The molecule has 1 aliphatic carbocycles. The van der Waals surface area contributed by atoms with E-state index in [1.807, 2.05) is 48.5 Å². The Morgan fingerprint density at radius 2 is 1.74 bits per heavy atom. The summed E-state index contributed by atoms with van der Waals surface area (Å²) in [6.45, 7) is 0. The third-order valence-electron chi connectivity index (χ3n) is 6.38. The zero-order chi connectivity index (χ0) is 24.4. The molecule has 7 heteroatoms. The van der Waals surface area contributed by atoms with Gasteiger partial charge in [0, 0.05) is 15.8 Å². The molecular formula is C28H26N2O4S. The van der Waals surface area contributed by atoms with Crippen LogP contribution in [0.1, 0.15) is 50.4 Å². The Bertz CT molecular complexity index is 1410. The van der Waals surface area contributed by atoms with E-state index in [9.17, 15) is 9.59 Å². The van der Waals surface area contributed by atoms with Crippen LogP contribution in [-0.4, -0.2) is 31.1 Å². The number of thiophene rings is 1. The molecule has 0 spiro atoms. The highest BCUT2D eigenvalue weighted by Crippen LogP contribution is 2.38. The molecule has 0 radical (unpaired) electrons. The number of hydrogen-bond donors (Lipinski definition) is 1. The predicted octanol–water partition coefficient (Wildman–Crippen LogP) is 6.28. The Hall–Kier alpha value is -3.71. The number of nitrogens with zero attached hydrogens (tertiary/aromatic N) is 1. The summed E-state index contributed by atoms with van der Waals surface area (Å²) in [7, 11) is 3.00. The first kappa shape index (κ1) is 23.1. The summed E-state index contributed by atoms with van der Waals surface area (Å²) < 4.78 is 10.4. The molecule has 0 atom stereocenters. The number of aromatic nitrogens is 1. The fourth-order valence-corrected chi connectivity index (χ4v) is 5.86. The van der Waals surface area contributed by atoms with Crippen molar-refractivity contribution in [3.63, 3.8) is 0 Å². The monoisotopic (exact) mass is 486 g/mol. The van der Waals surface area contributed by atoms with Gasteiger partial charge in [-0.05, 0) is 67.6 Å². The molecule has 0 fully saturated rings. The van der Waals surface area contributed by atoms with Crippen molar-refractivity contribution in [1.29, 1.82) is 0 Å². The van der Waals surface area contributed by atoms with Crippen LogP contribution in [0.15, 0.2) is 54.6 Å². The minimum absolute atomic E-state index is 0.278. The Morgan fingerprint density at radius 1 is 0.971 bits per heavy atom. The highest BCUT2D eigenvalue weighted by Gasteiger charge is 2.27. The number of ether oxygens (including phenoxy) is 2. The van der Waals surface area contributed by atoms with Crippen LogP contribution in [0.3, 0.4) is 0 Å². The van der Waals surface area contributed by atoms with E-state index in [0.717, 1.165) is 64.8 Å². The lowest BCUT2D eigenvalue weighted by atomic mass is 10.0. The molecule has 1 N–H and O–H groups in total. The molecule has 2 aromatic carbocycles. The number of para-hydroxylation sites is 1. The van der Waals surface area contributed by atoms with E-state index in [1.165, 1.54) is 18.4 Å². The number of anilines is 1. The van der Waals surface area contributed by atoms with Gasteiger partial charge < -0.3 is 14.8 Å². The number of methoxy groups -OCH3 is 2. The maximum Gasteiger partial charge on any atom is 0.341 e. The first-order valence-corrected chi connectivity index (χ1v) is 12.5. The van der Waals surface area contributed by atoms with Crippen LogP contribution in [0.2, 0.25) is 0 Å². The van der Waals surface area contributed by atoms with E-state index in [4.69, 9.17) is 14.5 Å². The van der Waals surface area contributed by atoms with E-state index in [-0.39, 0.29) is 5.91 Å². The maximum atomic E-state index is 13.7. The van der Waals surface area contributed by atoms with Crippen LogP contribution in [0, 0.1) is 0 Å². The van der Waals surface area contributed by atoms with Gasteiger partial charge in [-0.1, -0.05) is 24.6 Å². The number of hydrogen-bond acceptors (Lipinski definition) is 6. The summed E-state index contributed by atoms with van der Waals surface area (Å²) in [6.07, 6.45) is 5.00. The molecule has 0 aliphatic heterocycles. The van der Waals surface area contributed by atoms with Gasteiger partial charge in [-0.2, -0.15) is 0 Å². The van der Waals surface area contributed by atoms with Crippen molar-refractivity contribution >= 4 is 39.1 Å². The lowest BCUT2D eigenvalue weighted by Crippen LogP contribution is -2.15. The molecule has 0 saturated heterocycles. The van der Waals surface area contributed by atoms with E-state index in [0.29, 0.717) is 21.8 Å². The molecule has 0 saturated carbocycles. The summed E-state index contributed by atoms with van der Waals surface area (Å²) >= 11 is 1.49. The van der Waals surface area contributed by atoms with Crippen molar-refractivity contribution in [2.45, 2.75) is 32.1 Å². The number of nitrogens with one attached hydrogen (secondary N) is 1. The van der Waals surface area contributed by atoms with Crippen molar-refractivity contribution in [1.82, 2.24) is 4.98 Å². The van der Waals surface area contributed by atoms with Gasteiger partial charge in [-0.25, -0.2) is 9.78 Å². The topological polar surface area (TPSA) is 77.5 Å². The quantitative estimate of drug-likeness (QED) is 0.265. The zero-order valence-electron chi connectivity index (χ0n) is 19.7. The molecule has 0 unspecified atom stereocenters. The highest BCUT2D eigenvalue weighted by molar-refractivity contribution is 7.17. The van der Waals surface area contributed by atoms with Gasteiger partial charge >= 0.3 is 5.97 Å². The van der Waals surface area contributed by atoms with Crippen LogP contribution in [0.5, 0.6) is 5.75 Å². The van der Waals surface area contributed by atoms with Crippen LogP contribution < -0.4 is 10.1 Å². The van der Waals surface area contributed by atoms with Crippen molar-refractivity contribution in [3.05, 3.63) is 76.2 Å². The largest absolute Gasteiger partial charge is 0.497 e. The fraction of sp³-hybridized carbons (Fsp3) is 0.250. The predicted molar refractivity (Wildman–Crippen MR) is 139 cm³/mol. The molecule has 4 aromatic rings. The Morgan fingerprint density at radius 3 is 2.51 bits per heavy atom. The van der Waals surface area contributed by atoms with Gasteiger partial charge in [-0.15, -0.1) is 11.3 Å². The molecule has 178 valence electrons. The van der Waals surface area contributed by atoms with E-state index >= 15 is 0 Å². The summed E-state index contributed by atoms with van der Waals surface area (Å²) in [6, 6.07) is 17.0. The van der Waals surface area contributed by atoms with Crippen LogP contribution >= 0.6 is 11.3 Å². The van der Waals surface area contributed by atoms with Crippen molar-refractivity contribution < 1.29 is 19.1 Å². The Labute approximate surface area is 207 Å². The standard InChI is InChI=1S/C28H26N2O4S/c1-33-18-14-12-17(13-15-18)23-16-21(19-8-6-7-10-22(19)29-23)26(31)30-27-25(28(32)34-2)20-9-4-3-5-11-24(20)35-27/h6-8,10,12-16H,3-5,9,11H2,1-2H3,(H,30,31). The number of pyridine rings is 1. The minimum atomic E-state index is -0.404. The second-order valence-corrected chi connectivity index (χ2v) is 9.62. The summed E-state index contributed by atoms with van der Waals surface area (Å²) in [4.78, 5) is 32.3. The normalized spacial score (nSPS) is 13.1. The van der Waals surface area contributed by atoms with Gasteiger partial charge in [0.1, 0.15) is 10.8 Å². The third kappa shape index (κ3) is 4.51. The molecule has 0 bridgehead atoms. The molecule has 2 aromatic heterocycles. The van der Waals surface area contributed by atoms with Gasteiger partial charge in [0.25, 0.3) is 5.91 Å². The summed E-state index contributed by atoms with van der Waals surface area (Å²) in [5.74, 6) is 0.0680. The second-order valence-electron chi connectivity index (χ2n) is 8.51. The van der Waals surface area contributed by atoms with Crippen LogP contribution in [0.25, 0.3) is 22.2 Å². The molecule has 2 heterocycles. The van der Waals surface area contributed by atoms with Gasteiger partial charge in [-0.3, -0.25) is 4.79 Å². The smallest absolute Gasteiger partial charge is 0.341 e. The number of benzene rings is 2.